The van der Waals surface area contributed by atoms with Gasteiger partial charge in [0.25, 0.3) is 0 Å². The number of aryl methyl sites for hydroxylation is 1. The molecule has 1 aromatic carbocycles. The molecule has 0 aliphatic heterocycles. The highest BCUT2D eigenvalue weighted by Gasteiger charge is 1.97. The quantitative estimate of drug-likeness (QED) is 0.639. The number of thiazole rings is 1. The van der Waals surface area contributed by atoms with Gasteiger partial charge in [-0.25, -0.2) is 4.98 Å². The maximum Gasteiger partial charge on any atom is 0.119 e. The Morgan fingerprint density at radius 2 is 2.06 bits per heavy atom. The summed E-state index contributed by atoms with van der Waals surface area (Å²) < 4.78 is 5.58. The van der Waals surface area contributed by atoms with Crippen molar-refractivity contribution in [1.29, 1.82) is 0 Å². The summed E-state index contributed by atoms with van der Waals surface area (Å²) in [6.45, 7) is 0.712. The number of benzene rings is 1. The van der Waals surface area contributed by atoms with Crippen LogP contribution in [0.3, 0.4) is 0 Å². The van der Waals surface area contributed by atoms with Crippen molar-refractivity contribution < 1.29 is 4.74 Å². The smallest absolute Gasteiger partial charge is 0.119 e. The number of aromatic nitrogens is 1. The van der Waals surface area contributed by atoms with Crippen molar-refractivity contribution in [1.82, 2.24) is 4.98 Å². The van der Waals surface area contributed by atoms with Gasteiger partial charge in [-0.2, -0.15) is 0 Å². The minimum absolute atomic E-state index is 0.712. The lowest BCUT2D eigenvalue weighted by molar-refractivity contribution is 0.311. The minimum Gasteiger partial charge on any atom is -0.494 e. The van der Waals surface area contributed by atoms with Crippen LogP contribution in [-0.2, 0) is 6.42 Å². The van der Waals surface area contributed by atoms with Crippen LogP contribution in [0.5, 0.6) is 5.75 Å². The second-order valence-electron chi connectivity index (χ2n) is 3.45. The highest BCUT2D eigenvalue weighted by molar-refractivity contribution is 7.09. The van der Waals surface area contributed by atoms with Crippen molar-refractivity contribution in [2.24, 2.45) is 0 Å². The number of nitrogens with two attached hydrogens (primary N) is 1. The van der Waals surface area contributed by atoms with E-state index in [4.69, 9.17) is 10.5 Å². The van der Waals surface area contributed by atoms with Gasteiger partial charge in [0.2, 0.25) is 0 Å². The first-order chi connectivity index (χ1) is 7.84. The number of anilines is 1. The predicted molar refractivity (Wildman–Crippen MR) is 66.8 cm³/mol. The van der Waals surface area contributed by atoms with Crippen molar-refractivity contribution in [3.05, 3.63) is 40.8 Å². The van der Waals surface area contributed by atoms with Crippen LogP contribution in [0.2, 0.25) is 0 Å². The first-order valence-corrected chi connectivity index (χ1v) is 6.09. The van der Waals surface area contributed by atoms with Crippen molar-refractivity contribution >= 4 is 17.0 Å². The number of nitrogens with zero attached hydrogens (tertiary/aromatic N) is 1. The molecule has 16 heavy (non-hydrogen) atoms. The van der Waals surface area contributed by atoms with Crippen molar-refractivity contribution in [2.75, 3.05) is 12.3 Å². The lowest BCUT2D eigenvalue weighted by Gasteiger charge is -2.05. The standard InChI is InChI=1S/C12H14N2OS/c13-10-3-5-11(6-4-10)15-8-1-2-12-14-7-9-16-12/h3-7,9H,1-2,8,13H2. The van der Waals surface area contributed by atoms with Gasteiger partial charge in [0.1, 0.15) is 5.75 Å². The first-order valence-electron chi connectivity index (χ1n) is 5.21. The van der Waals surface area contributed by atoms with Crippen LogP contribution in [-0.4, -0.2) is 11.6 Å². The van der Waals surface area contributed by atoms with Crippen LogP contribution in [0.4, 0.5) is 5.69 Å². The molecular weight excluding hydrogens is 220 g/mol. The van der Waals surface area contributed by atoms with Gasteiger partial charge < -0.3 is 10.5 Å². The molecule has 0 unspecified atom stereocenters. The predicted octanol–water partition coefficient (Wildman–Crippen LogP) is 2.74. The van der Waals surface area contributed by atoms with Crippen molar-refractivity contribution in [3.63, 3.8) is 0 Å². The SMILES string of the molecule is Nc1ccc(OCCCc2nccs2)cc1. The molecule has 84 valence electrons. The molecule has 0 aliphatic carbocycles. The summed E-state index contributed by atoms with van der Waals surface area (Å²) in [7, 11) is 0. The highest BCUT2D eigenvalue weighted by Crippen LogP contribution is 2.14. The van der Waals surface area contributed by atoms with Crippen LogP contribution in [0, 0.1) is 0 Å². The van der Waals surface area contributed by atoms with Gasteiger partial charge in [0.15, 0.2) is 0 Å². The van der Waals surface area contributed by atoms with E-state index in [1.165, 1.54) is 5.01 Å². The Hall–Kier alpha value is -1.55. The van der Waals surface area contributed by atoms with Crippen LogP contribution >= 0.6 is 11.3 Å². The van der Waals surface area contributed by atoms with Gasteiger partial charge in [-0.15, -0.1) is 11.3 Å². The van der Waals surface area contributed by atoms with Crippen molar-refractivity contribution in [3.8, 4) is 5.75 Å². The summed E-state index contributed by atoms with van der Waals surface area (Å²) in [5.41, 5.74) is 6.34. The molecule has 0 spiro atoms. The zero-order chi connectivity index (χ0) is 11.2. The van der Waals surface area contributed by atoms with E-state index in [9.17, 15) is 0 Å². The van der Waals surface area contributed by atoms with E-state index in [1.807, 2.05) is 35.8 Å². The fourth-order valence-corrected chi connectivity index (χ4v) is 2.02. The summed E-state index contributed by atoms with van der Waals surface area (Å²) >= 11 is 1.69. The molecule has 0 bridgehead atoms. The van der Waals surface area contributed by atoms with Gasteiger partial charge in [0.05, 0.1) is 11.6 Å². The maximum absolute atomic E-state index is 5.58. The van der Waals surface area contributed by atoms with Gasteiger partial charge in [-0.3, -0.25) is 0 Å². The summed E-state index contributed by atoms with van der Waals surface area (Å²) in [4.78, 5) is 4.22. The molecule has 0 aliphatic rings. The van der Waals surface area contributed by atoms with E-state index < -0.39 is 0 Å². The zero-order valence-corrected chi connectivity index (χ0v) is 9.74. The fraction of sp³-hybridized carbons (Fsp3) is 0.250. The Labute approximate surface area is 98.9 Å². The second kappa shape index (κ2) is 5.51. The third kappa shape index (κ3) is 3.24. The van der Waals surface area contributed by atoms with Crippen molar-refractivity contribution in [2.45, 2.75) is 12.8 Å². The summed E-state index contributed by atoms with van der Waals surface area (Å²) in [6, 6.07) is 7.46. The van der Waals surface area contributed by atoms with Crippen LogP contribution in [0.15, 0.2) is 35.8 Å². The number of rotatable bonds is 5. The largest absolute Gasteiger partial charge is 0.494 e. The van der Waals surface area contributed by atoms with Crippen LogP contribution in [0.25, 0.3) is 0 Å². The highest BCUT2D eigenvalue weighted by atomic mass is 32.1. The van der Waals surface area contributed by atoms with E-state index in [0.29, 0.717) is 6.61 Å². The van der Waals surface area contributed by atoms with Crippen LogP contribution < -0.4 is 10.5 Å². The monoisotopic (exact) mass is 234 g/mol. The molecule has 1 aromatic heterocycles. The third-order valence-electron chi connectivity index (χ3n) is 2.17. The van der Waals surface area contributed by atoms with Gasteiger partial charge in [0, 0.05) is 23.7 Å². The molecule has 0 fully saturated rings. The Morgan fingerprint density at radius 1 is 1.25 bits per heavy atom. The molecule has 0 saturated carbocycles. The van der Waals surface area contributed by atoms with Crippen LogP contribution in [0.1, 0.15) is 11.4 Å². The summed E-state index contributed by atoms with van der Waals surface area (Å²) in [5, 5.41) is 3.16. The minimum atomic E-state index is 0.712. The lowest BCUT2D eigenvalue weighted by atomic mass is 10.3. The molecule has 3 nitrogen and oxygen atoms in total. The molecule has 2 rings (SSSR count). The summed E-state index contributed by atoms with van der Waals surface area (Å²) in [6.07, 6.45) is 3.80. The molecule has 0 amide bonds. The molecule has 4 heteroatoms. The van der Waals surface area contributed by atoms with E-state index in [1.54, 1.807) is 11.3 Å². The Bertz CT molecular complexity index is 411. The molecule has 0 radical (unpaired) electrons. The fourth-order valence-electron chi connectivity index (χ4n) is 1.35. The van der Waals surface area contributed by atoms with E-state index >= 15 is 0 Å². The third-order valence-corrected chi connectivity index (χ3v) is 3.01. The van der Waals surface area contributed by atoms with Gasteiger partial charge in [-0.05, 0) is 30.7 Å². The molecule has 2 aromatic rings. The lowest BCUT2D eigenvalue weighted by Crippen LogP contribution is -1.99. The van der Waals surface area contributed by atoms with E-state index in [0.717, 1.165) is 24.3 Å². The normalized spacial score (nSPS) is 10.2. The Morgan fingerprint density at radius 3 is 2.75 bits per heavy atom. The number of nitrogen functional groups attached to an aromatic ring is 1. The average Bonchev–Trinajstić information content (AvgIpc) is 2.80. The molecule has 0 saturated heterocycles. The first kappa shape index (κ1) is 11.0. The Balaban J connectivity index is 1.70. The topological polar surface area (TPSA) is 48.1 Å². The second-order valence-corrected chi connectivity index (χ2v) is 4.43. The average molecular weight is 234 g/mol. The number of hydrogen-bond donors (Lipinski definition) is 1. The van der Waals surface area contributed by atoms with E-state index in [-0.39, 0.29) is 0 Å². The number of hydrogen-bond acceptors (Lipinski definition) is 4. The molecule has 0 atom stereocenters. The Kier molecular flexibility index (Phi) is 3.77. The molecule has 1 heterocycles. The zero-order valence-electron chi connectivity index (χ0n) is 8.93. The molecular formula is C12H14N2OS. The maximum atomic E-state index is 5.58. The molecule has 2 N–H and O–H groups in total. The summed E-state index contributed by atoms with van der Waals surface area (Å²) in [5.74, 6) is 0.869. The number of ether oxygens (including phenoxy) is 1. The van der Waals surface area contributed by atoms with E-state index in [2.05, 4.69) is 4.98 Å². The van der Waals surface area contributed by atoms with Gasteiger partial charge in [-0.1, -0.05) is 0 Å². The van der Waals surface area contributed by atoms with Gasteiger partial charge >= 0.3 is 0 Å².